The second kappa shape index (κ2) is 17.0. The number of hydrogen-bond acceptors (Lipinski definition) is 4. The van der Waals surface area contributed by atoms with Crippen molar-refractivity contribution >= 4 is 29.3 Å². The molecule has 2 aromatic carbocycles. The summed E-state index contributed by atoms with van der Waals surface area (Å²) in [5, 5.41) is 0. The summed E-state index contributed by atoms with van der Waals surface area (Å²) in [6.07, 6.45) is 4.68. The molecule has 3 rings (SSSR count). The summed E-state index contributed by atoms with van der Waals surface area (Å²) < 4.78 is 5.21. The van der Waals surface area contributed by atoms with Crippen LogP contribution in [-0.4, -0.2) is 69.0 Å². The molecule has 0 unspecified atom stereocenters. The van der Waals surface area contributed by atoms with Crippen molar-refractivity contribution < 1.29 is 51.4 Å². The number of para-hydroxylation sites is 2. The summed E-state index contributed by atoms with van der Waals surface area (Å²) in [5.41, 5.74) is 8.82. The summed E-state index contributed by atoms with van der Waals surface area (Å²) in [7, 11) is 8.35. The third-order valence-electron chi connectivity index (χ3n) is 6.83. The van der Waals surface area contributed by atoms with Crippen molar-refractivity contribution in [3.05, 3.63) is 71.1 Å². The van der Waals surface area contributed by atoms with E-state index in [1.807, 2.05) is 0 Å². The summed E-state index contributed by atoms with van der Waals surface area (Å²) >= 11 is -0.877. The molecule has 0 spiro atoms. The van der Waals surface area contributed by atoms with E-state index in [9.17, 15) is 0 Å². The van der Waals surface area contributed by atoms with Gasteiger partial charge in [-0.2, -0.15) is 0 Å². The third kappa shape index (κ3) is 10.1. The Bertz CT molecular complexity index is 883. The van der Waals surface area contributed by atoms with E-state index in [0.29, 0.717) is 23.7 Å². The van der Waals surface area contributed by atoms with Gasteiger partial charge in [-0.15, -0.1) is 0 Å². The maximum absolute atomic E-state index is 2.61. The average molecular weight is 602 g/mol. The van der Waals surface area contributed by atoms with Gasteiger partial charge in [0, 0.05) is 13.1 Å². The molecule has 0 N–H and O–H groups in total. The first-order chi connectivity index (χ1) is 17.3. The van der Waals surface area contributed by atoms with Gasteiger partial charge in [0.2, 0.25) is 0 Å². The van der Waals surface area contributed by atoms with Crippen molar-refractivity contribution in [3.63, 3.8) is 0 Å². The van der Waals surface area contributed by atoms with E-state index in [2.05, 4.69) is 149 Å². The molecule has 6 heteroatoms. The minimum atomic E-state index is -0.877. The molecule has 0 bridgehead atoms. The van der Waals surface area contributed by atoms with Crippen molar-refractivity contribution in [1.29, 1.82) is 0 Å². The van der Waals surface area contributed by atoms with Crippen LogP contribution in [0.2, 0.25) is 0 Å². The molecule has 4 nitrogen and oxygen atoms in total. The quantitative estimate of drug-likeness (QED) is 0.389. The van der Waals surface area contributed by atoms with Gasteiger partial charge in [0.05, 0.1) is 0 Å². The normalized spacial score (nSPS) is 13.3. The standard InChI is InChI=1S/C26H36N2.C6H16N2.Ga.K/c1-17(2)21-11-9-12-22(18(3)4)25(21)27-15-16-28-26-23(19(5)6)13-10-14-24(26)20(7)8;1-7(2)5-6-8(3)4;;/h9-20H,1-8H3;5-6H2,1-4H3;;/q-2;;2*+1. The maximum Gasteiger partial charge on any atom is 1.00 e. The van der Waals surface area contributed by atoms with Crippen molar-refractivity contribution in [3.8, 4) is 0 Å². The van der Waals surface area contributed by atoms with Crippen LogP contribution in [0.4, 0.5) is 11.4 Å². The molecule has 0 saturated carbocycles. The first-order valence-corrected chi connectivity index (χ1v) is 16.2. The van der Waals surface area contributed by atoms with Gasteiger partial charge in [-0.25, -0.2) is 0 Å². The summed E-state index contributed by atoms with van der Waals surface area (Å²) in [5.74, 6) is 2.10. The predicted octanol–water partition coefficient (Wildman–Crippen LogP) is 4.63. The molecule has 0 amide bonds. The van der Waals surface area contributed by atoms with Crippen LogP contribution in [0.25, 0.3) is 0 Å². The fourth-order valence-corrected chi connectivity index (χ4v) is 7.58. The van der Waals surface area contributed by atoms with Crippen LogP contribution in [0.15, 0.2) is 48.8 Å². The van der Waals surface area contributed by atoms with Gasteiger partial charge in [0.15, 0.2) is 0 Å². The van der Waals surface area contributed by atoms with Gasteiger partial charge in [-0.3, -0.25) is 0 Å². The Hall–Kier alpha value is -0.0273. The van der Waals surface area contributed by atoms with Crippen molar-refractivity contribution in [2.75, 3.05) is 48.5 Å². The third-order valence-corrected chi connectivity index (χ3v) is 9.68. The number of hydrogen-bond donors (Lipinski definition) is 0. The molecule has 0 saturated heterocycles. The van der Waals surface area contributed by atoms with Crippen LogP contribution in [0, 0.1) is 0 Å². The maximum atomic E-state index is 2.61. The number of rotatable bonds is 9. The molecule has 38 heavy (non-hydrogen) atoms. The second-order valence-electron chi connectivity index (χ2n) is 12.0. The molecule has 2 radical (unpaired) electrons. The molecule has 1 aliphatic heterocycles. The smallest absolute Gasteiger partial charge is 0.308 e. The van der Waals surface area contributed by atoms with E-state index in [4.69, 9.17) is 0 Å². The molecular weight excluding hydrogens is 549 g/mol. The van der Waals surface area contributed by atoms with Gasteiger partial charge < -0.3 is 9.80 Å². The zero-order valence-electron chi connectivity index (χ0n) is 26.7. The molecule has 0 aromatic heterocycles. The van der Waals surface area contributed by atoms with E-state index in [-0.39, 0.29) is 51.4 Å². The van der Waals surface area contributed by atoms with Crippen molar-refractivity contribution in [1.82, 2.24) is 9.80 Å². The molecule has 204 valence electrons. The first kappa shape index (κ1) is 36.0. The Morgan fingerprint density at radius 3 is 1.03 bits per heavy atom. The van der Waals surface area contributed by atoms with Crippen LogP contribution >= 0.6 is 0 Å². The Labute approximate surface area is 286 Å². The molecule has 0 atom stereocenters. The minimum absolute atomic E-state index is 0. The fourth-order valence-electron chi connectivity index (χ4n) is 4.64. The summed E-state index contributed by atoms with van der Waals surface area (Å²) in [4.78, 5) is 4.36. The van der Waals surface area contributed by atoms with Gasteiger partial charge in [-0.1, -0.05) is 0 Å². The molecule has 1 aliphatic rings. The Balaban J connectivity index is 0.000000699. The average Bonchev–Trinajstić information content (AvgIpc) is 3.31. The minimum Gasteiger partial charge on any atom is -0.308 e. The number of benzene rings is 2. The fraction of sp³-hybridized carbons (Fsp3) is 0.562. The number of anilines is 2. The first-order valence-electron chi connectivity index (χ1n) is 14.0. The SMILES string of the molecule is CC(C)c1cccc(C(C)C)c1[N]1C=C[N](c2c(C(C)C)cccc2C(C)C)[Ga-]1.CN(C)CCN(C)C.[K+]. The number of likely N-dealkylation sites (N-methyl/N-ethyl adjacent to an activating group) is 2. The van der Waals surface area contributed by atoms with E-state index < -0.39 is 17.9 Å². The van der Waals surface area contributed by atoms with Crippen LogP contribution in [-0.2, 0) is 0 Å². The van der Waals surface area contributed by atoms with E-state index in [1.165, 1.54) is 33.6 Å². The molecule has 1 heterocycles. The molecule has 0 fully saturated rings. The van der Waals surface area contributed by atoms with Gasteiger partial charge in [0.25, 0.3) is 0 Å². The predicted molar refractivity (Wildman–Crippen MR) is 166 cm³/mol. The summed E-state index contributed by atoms with van der Waals surface area (Å²) in [6, 6.07) is 13.8. The van der Waals surface area contributed by atoms with E-state index in [0.717, 1.165) is 13.1 Å². The summed E-state index contributed by atoms with van der Waals surface area (Å²) in [6.45, 7) is 20.8. The van der Waals surface area contributed by atoms with Gasteiger partial charge in [0.1, 0.15) is 0 Å². The van der Waals surface area contributed by atoms with E-state index in [1.54, 1.807) is 0 Å². The van der Waals surface area contributed by atoms with E-state index >= 15 is 0 Å². The van der Waals surface area contributed by atoms with Crippen LogP contribution < -0.4 is 58.6 Å². The zero-order chi connectivity index (χ0) is 27.9. The monoisotopic (exact) mass is 600 g/mol. The van der Waals surface area contributed by atoms with Crippen LogP contribution in [0.5, 0.6) is 0 Å². The molecule has 2 aromatic rings. The Morgan fingerprint density at radius 1 is 0.553 bits per heavy atom. The molecular formula is C32H52GaKN4. The van der Waals surface area contributed by atoms with Crippen molar-refractivity contribution in [2.45, 2.75) is 79.1 Å². The number of nitrogens with zero attached hydrogens (tertiary/aromatic N) is 4. The Morgan fingerprint density at radius 2 is 0.816 bits per heavy atom. The topological polar surface area (TPSA) is 13.0 Å². The zero-order valence-corrected chi connectivity index (χ0v) is 32.3. The van der Waals surface area contributed by atoms with Gasteiger partial charge in [-0.05, 0) is 28.2 Å². The largest absolute Gasteiger partial charge is 1.00 e. The van der Waals surface area contributed by atoms with Crippen LogP contribution in [0.1, 0.15) is 101 Å². The Kier molecular flexibility index (Phi) is 16.2. The molecule has 0 aliphatic carbocycles. The second-order valence-corrected chi connectivity index (χ2v) is 14.8. The van der Waals surface area contributed by atoms with Gasteiger partial charge >= 0.3 is 238 Å². The van der Waals surface area contributed by atoms with Crippen LogP contribution in [0.3, 0.4) is 0 Å². The van der Waals surface area contributed by atoms with Crippen molar-refractivity contribution in [2.24, 2.45) is 0 Å².